The molecule has 0 heterocycles. The second-order valence-corrected chi connectivity index (χ2v) is 4.30. The van der Waals surface area contributed by atoms with Crippen LogP contribution >= 0.6 is 15.9 Å². The van der Waals surface area contributed by atoms with Gasteiger partial charge >= 0.3 is 0 Å². The van der Waals surface area contributed by atoms with Crippen LogP contribution < -0.4 is 0 Å². The van der Waals surface area contributed by atoms with Crippen molar-refractivity contribution < 1.29 is 5.11 Å². The molecule has 1 N–H and O–H groups in total. The first-order valence-electron chi connectivity index (χ1n) is 4.11. The van der Waals surface area contributed by atoms with E-state index < -0.39 is 5.60 Å². The van der Waals surface area contributed by atoms with E-state index in [9.17, 15) is 5.11 Å². The van der Waals surface area contributed by atoms with Gasteiger partial charge in [0.15, 0.2) is 0 Å². The third kappa shape index (κ3) is 1.19. The highest BCUT2D eigenvalue weighted by atomic mass is 79.9. The highest BCUT2D eigenvalue weighted by Crippen LogP contribution is 2.47. The molecule has 0 aromatic heterocycles. The minimum absolute atomic E-state index is 0.506. The van der Waals surface area contributed by atoms with Gasteiger partial charge in [0.25, 0.3) is 0 Å². The van der Waals surface area contributed by atoms with Crippen molar-refractivity contribution in [1.29, 1.82) is 0 Å². The van der Waals surface area contributed by atoms with Crippen LogP contribution in [0.15, 0.2) is 22.7 Å². The van der Waals surface area contributed by atoms with Crippen molar-refractivity contribution in [3.8, 4) is 0 Å². The predicted molar refractivity (Wildman–Crippen MR) is 52.0 cm³/mol. The Morgan fingerprint density at radius 2 is 2.08 bits per heavy atom. The van der Waals surface area contributed by atoms with E-state index in [-0.39, 0.29) is 0 Å². The molecule has 1 aliphatic carbocycles. The Kier molecular flexibility index (Phi) is 1.77. The van der Waals surface area contributed by atoms with Crippen LogP contribution in [0.25, 0.3) is 0 Å². The molecule has 1 aromatic carbocycles. The van der Waals surface area contributed by atoms with Crippen molar-refractivity contribution in [3.05, 3.63) is 33.8 Å². The van der Waals surface area contributed by atoms with Crippen LogP contribution in [0.2, 0.25) is 0 Å². The van der Waals surface area contributed by atoms with Gasteiger partial charge in [-0.2, -0.15) is 0 Å². The average Bonchev–Trinajstić information content (AvgIpc) is 2.75. The maximum absolute atomic E-state index is 9.88. The molecule has 64 valence electrons. The highest BCUT2D eigenvalue weighted by molar-refractivity contribution is 9.10. The lowest BCUT2D eigenvalue weighted by molar-refractivity contribution is 0.150. The topological polar surface area (TPSA) is 20.2 Å². The van der Waals surface area contributed by atoms with Gasteiger partial charge in [-0.1, -0.05) is 28.1 Å². The maximum atomic E-state index is 9.88. The summed E-state index contributed by atoms with van der Waals surface area (Å²) in [6, 6.07) is 5.99. The van der Waals surface area contributed by atoms with Crippen molar-refractivity contribution >= 4 is 15.9 Å². The molecule has 1 saturated carbocycles. The molecule has 0 radical (unpaired) electrons. The molecule has 0 atom stereocenters. The lowest BCUT2D eigenvalue weighted by atomic mass is 10.0. The van der Waals surface area contributed by atoms with Crippen LogP contribution in [0.1, 0.15) is 24.0 Å². The molecule has 0 bridgehead atoms. The molecule has 1 aromatic rings. The van der Waals surface area contributed by atoms with E-state index in [0.717, 1.165) is 28.4 Å². The van der Waals surface area contributed by atoms with Gasteiger partial charge in [-0.25, -0.2) is 0 Å². The smallest absolute Gasteiger partial charge is 0.0901 e. The standard InChI is InChI=1S/C10H11BrO/c1-7-8(10(12)5-6-10)3-2-4-9(7)11/h2-4,12H,5-6H2,1H3. The first-order chi connectivity index (χ1) is 5.63. The molecule has 1 aliphatic rings. The van der Waals surface area contributed by atoms with Gasteiger partial charge in [0, 0.05) is 4.47 Å². The third-order valence-corrected chi connectivity index (χ3v) is 3.35. The second kappa shape index (κ2) is 2.57. The summed E-state index contributed by atoms with van der Waals surface area (Å²) >= 11 is 3.46. The Morgan fingerprint density at radius 1 is 1.42 bits per heavy atom. The van der Waals surface area contributed by atoms with E-state index >= 15 is 0 Å². The molecule has 0 spiro atoms. The predicted octanol–water partition coefficient (Wildman–Crippen LogP) is 2.74. The average molecular weight is 227 g/mol. The molecule has 0 aliphatic heterocycles. The zero-order valence-corrected chi connectivity index (χ0v) is 8.56. The number of hydrogen-bond acceptors (Lipinski definition) is 1. The van der Waals surface area contributed by atoms with Crippen molar-refractivity contribution in [2.45, 2.75) is 25.4 Å². The maximum Gasteiger partial charge on any atom is 0.0901 e. The quantitative estimate of drug-likeness (QED) is 0.782. The number of benzene rings is 1. The van der Waals surface area contributed by atoms with E-state index in [0.29, 0.717) is 0 Å². The summed E-state index contributed by atoms with van der Waals surface area (Å²) in [4.78, 5) is 0. The van der Waals surface area contributed by atoms with Crippen LogP contribution in [0.3, 0.4) is 0 Å². The van der Waals surface area contributed by atoms with E-state index in [1.165, 1.54) is 0 Å². The zero-order valence-electron chi connectivity index (χ0n) is 6.97. The Hall–Kier alpha value is -0.340. The minimum atomic E-state index is -0.506. The van der Waals surface area contributed by atoms with Gasteiger partial charge in [-0.15, -0.1) is 0 Å². The zero-order chi connectivity index (χ0) is 8.77. The minimum Gasteiger partial charge on any atom is -0.385 e. The third-order valence-electron chi connectivity index (χ3n) is 2.49. The molecule has 2 heteroatoms. The molecular weight excluding hydrogens is 216 g/mol. The molecule has 0 saturated heterocycles. The molecule has 1 fully saturated rings. The molecule has 12 heavy (non-hydrogen) atoms. The van der Waals surface area contributed by atoms with E-state index in [2.05, 4.69) is 15.9 Å². The number of hydrogen-bond donors (Lipinski definition) is 1. The first-order valence-corrected chi connectivity index (χ1v) is 4.91. The molecule has 1 nitrogen and oxygen atoms in total. The van der Waals surface area contributed by atoms with Crippen molar-refractivity contribution in [1.82, 2.24) is 0 Å². The lowest BCUT2D eigenvalue weighted by Crippen LogP contribution is -2.06. The van der Waals surface area contributed by atoms with E-state index in [4.69, 9.17) is 0 Å². The molecule has 0 unspecified atom stereocenters. The summed E-state index contributed by atoms with van der Waals surface area (Å²) in [6.07, 6.45) is 1.81. The summed E-state index contributed by atoms with van der Waals surface area (Å²) in [5, 5.41) is 9.88. The van der Waals surface area contributed by atoms with Crippen molar-refractivity contribution in [2.75, 3.05) is 0 Å². The van der Waals surface area contributed by atoms with Gasteiger partial charge in [-0.05, 0) is 37.0 Å². The molecular formula is C10H11BrO. The van der Waals surface area contributed by atoms with Gasteiger partial charge in [0.1, 0.15) is 0 Å². The Labute approximate surface area is 80.5 Å². The summed E-state index contributed by atoms with van der Waals surface area (Å²) in [5.41, 5.74) is 1.74. The summed E-state index contributed by atoms with van der Waals surface area (Å²) in [5.74, 6) is 0. The van der Waals surface area contributed by atoms with Gasteiger partial charge in [-0.3, -0.25) is 0 Å². The van der Waals surface area contributed by atoms with Gasteiger partial charge in [0.2, 0.25) is 0 Å². The highest BCUT2D eigenvalue weighted by Gasteiger charge is 2.43. The van der Waals surface area contributed by atoms with Crippen molar-refractivity contribution in [3.63, 3.8) is 0 Å². The van der Waals surface area contributed by atoms with Crippen LogP contribution in [0.4, 0.5) is 0 Å². The molecule has 0 amide bonds. The Bertz CT molecular complexity index is 316. The van der Waals surface area contributed by atoms with Gasteiger partial charge in [0.05, 0.1) is 5.60 Å². The van der Waals surface area contributed by atoms with Crippen LogP contribution in [0.5, 0.6) is 0 Å². The van der Waals surface area contributed by atoms with E-state index in [1.807, 2.05) is 25.1 Å². The summed E-state index contributed by atoms with van der Waals surface area (Å²) in [7, 11) is 0. The molecule has 2 rings (SSSR count). The summed E-state index contributed by atoms with van der Waals surface area (Å²) in [6.45, 7) is 2.04. The fourth-order valence-electron chi connectivity index (χ4n) is 1.50. The van der Waals surface area contributed by atoms with Crippen LogP contribution in [-0.4, -0.2) is 5.11 Å². The van der Waals surface area contributed by atoms with Gasteiger partial charge < -0.3 is 5.11 Å². The monoisotopic (exact) mass is 226 g/mol. The SMILES string of the molecule is Cc1c(Br)cccc1C1(O)CC1. The largest absolute Gasteiger partial charge is 0.385 e. The van der Waals surface area contributed by atoms with Crippen molar-refractivity contribution in [2.24, 2.45) is 0 Å². The van der Waals surface area contributed by atoms with Crippen LogP contribution in [0, 0.1) is 6.92 Å². The Morgan fingerprint density at radius 3 is 2.67 bits per heavy atom. The van der Waals surface area contributed by atoms with E-state index in [1.54, 1.807) is 0 Å². The fourth-order valence-corrected chi connectivity index (χ4v) is 1.87. The number of aliphatic hydroxyl groups is 1. The summed E-state index contributed by atoms with van der Waals surface area (Å²) < 4.78 is 1.08. The number of halogens is 1. The second-order valence-electron chi connectivity index (χ2n) is 3.44. The lowest BCUT2D eigenvalue weighted by Gasteiger charge is -2.12. The Balaban J connectivity index is 2.51. The van der Waals surface area contributed by atoms with Crippen LogP contribution in [-0.2, 0) is 5.60 Å². The first kappa shape index (κ1) is 8.27. The normalized spacial score (nSPS) is 19.2. The number of rotatable bonds is 1. The fraction of sp³-hybridized carbons (Fsp3) is 0.400.